The molecule has 1 aliphatic rings. The first-order valence-electron chi connectivity index (χ1n) is 4.82. The Hall–Kier alpha value is -0.0100. The van der Waals surface area contributed by atoms with Gasteiger partial charge in [-0.25, -0.2) is 4.21 Å². The zero-order valence-corrected chi connectivity index (χ0v) is 9.29. The van der Waals surface area contributed by atoms with Crippen LogP contribution >= 0.6 is 0 Å². The normalized spacial score (nSPS) is 22.4. The van der Waals surface area contributed by atoms with Gasteiger partial charge >= 0.3 is 0 Å². The molecule has 0 spiro atoms. The third-order valence-electron chi connectivity index (χ3n) is 2.39. The van der Waals surface area contributed by atoms with Crippen molar-refractivity contribution in [1.29, 1.82) is 0 Å². The van der Waals surface area contributed by atoms with Crippen molar-refractivity contribution in [2.75, 3.05) is 46.4 Å². The molecule has 14 heavy (non-hydrogen) atoms. The van der Waals surface area contributed by atoms with E-state index >= 15 is 0 Å². The number of hydrogen-bond donors (Lipinski definition) is 0. The van der Waals surface area contributed by atoms with Crippen LogP contribution in [0, 0.1) is 0 Å². The highest BCUT2D eigenvalue weighted by molar-refractivity contribution is 7.74. The number of rotatable bonds is 5. The van der Waals surface area contributed by atoms with E-state index in [4.69, 9.17) is 0 Å². The van der Waals surface area contributed by atoms with Crippen LogP contribution in [0.5, 0.6) is 0 Å². The smallest absolute Gasteiger partial charge is 0.0842 e. The Kier molecular flexibility index (Phi) is 5.57. The van der Waals surface area contributed by atoms with Crippen molar-refractivity contribution in [1.82, 2.24) is 9.80 Å². The SMILES string of the molecule is CN1CCN(CCCOS(=O)[O-])CC1. The van der Waals surface area contributed by atoms with Gasteiger partial charge in [0.2, 0.25) is 0 Å². The lowest BCUT2D eigenvalue weighted by atomic mass is 10.3. The topological polar surface area (TPSA) is 55.8 Å². The molecule has 0 saturated carbocycles. The van der Waals surface area contributed by atoms with Crippen molar-refractivity contribution in [2.24, 2.45) is 0 Å². The first-order chi connectivity index (χ1) is 6.68. The molecule has 1 aliphatic heterocycles. The van der Waals surface area contributed by atoms with Crippen molar-refractivity contribution >= 4 is 11.4 Å². The van der Waals surface area contributed by atoms with Gasteiger partial charge in [-0.05, 0) is 13.5 Å². The van der Waals surface area contributed by atoms with E-state index < -0.39 is 11.4 Å². The minimum absolute atomic E-state index is 0.294. The predicted octanol–water partition coefficient (Wildman–Crippen LogP) is -0.565. The first kappa shape index (κ1) is 12.1. The van der Waals surface area contributed by atoms with Crippen LogP contribution in [0.3, 0.4) is 0 Å². The van der Waals surface area contributed by atoms with E-state index in [1.165, 1.54) is 0 Å². The molecule has 0 bridgehead atoms. The fourth-order valence-electron chi connectivity index (χ4n) is 1.49. The van der Waals surface area contributed by atoms with Crippen molar-refractivity contribution in [3.8, 4) is 0 Å². The molecule has 0 radical (unpaired) electrons. The zero-order chi connectivity index (χ0) is 10.4. The molecule has 1 rings (SSSR count). The zero-order valence-electron chi connectivity index (χ0n) is 8.48. The van der Waals surface area contributed by atoms with Crippen LogP contribution in [-0.2, 0) is 15.5 Å². The summed E-state index contributed by atoms with van der Waals surface area (Å²) in [5.41, 5.74) is 0. The van der Waals surface area contributed by atoms with Crippen LogP contribution < -0.4 is 0 Å². The van der Waals surface area contributed by atoms with Crippen molar-refractivity contribution in [3.05, 3.63) is 0 Å². The lowest BCUT2D eigenvalue weighted by molar-refractivity contribution is 0.145. The highest BCUT2D eigenvalue weighted by atomic mass is 32.2. The molecule has 0 aromatic heterocycles. The van der Waals surface area contributed by atoms with Gasteiger partial charge in [-0.1, -0.05) is 0 Å². The van der Waals surface area contributed by atoms with Crippen LogP contribution in [0.4, 0.5) is 0 Å². The largest absolute Gasteiger partial charge is 0.750 e. The van der Waals surface area contributed by atoms with Crippen LogP contribution in [-0.4, -0.2) is 64.9 Å². The summed E-state index contributed by atoms with van der Waals surface area (Å²) in [7, 11) is 2.11. The maximum Gasteiger partial charge on any atom is 0.0842 e. The van der Waals surface area contributed by atoms with Gasteiger partial charge in [-0.3, -0.25) is 0 Å². The molecule has 84 valence electrons. The van der Waals surface area contributed by atoms with Gasteiger partial charge < -0.3 is 18.5 Å². The standard InChI is InChI=1S/C8H18N2O3S/c1-9-4-6-10(7-5-9)3-2-8-13-14(11)12/h2-8H2,1H3,(H,11,12)/p-1. The quantitative estimate of drug-likeness (QED) is 0.460. The average Bonchev–Trinajstić information content (AvgIpc) is 2.15. The lowest BCUT2D eigenvalue weighted by Crippen LogP contribution is -2.44. The highest BCUT2D eigenvalue weighted by Crippen LogP contribution is 2.00. The van der Waals surface area contributed by atoms with Gasteiger partial charge in [0.05, 0.1) is 18.0 Å². The number of hydrogen-bond acceptors (Lipinski definition) is 5. The summed E-state index contributed by atoms with van der Waals surface area (Å²) in [6.45, 7) is 5.53. The summed E-state index contributed by atoms with van der Waals surface area (Å²) < 4.78 is 24.5. The number of nitrogens with zero attached hydrogens (tertiary/aromatic N) is 2. The van der Waals surface area contributed by atoms with E-state index in [2.05, 4.69) is 21.0 Å². The molecule has 1 saturated heterocycles. The van der Waals surface area contributed by atoms with Gasteiger partial charge in [0.25, 0.3) is 0 Å². The van der Waals surface area contributed by atoms with Gasteiger partial charge in [0.1, 0.15) is 0 Å². The lowest BCUT2D eigenvalue weighted by Gasteiger charge is -2.32. The third kappa shape index (κ3) is 5.02. The van der Waals surface area contributed by atoms with Crippen molar-refractivity contribution < 1.29 is 12.9 Å². The second-order valence-electron chi connectivity index (χ2n) is 3.52. The Labute approximate surface area is 87.5 Å². The van der Waals surface area contributed by atoms with Crippen molar-refractivity contribution in [2.45, 2.75) is 6.42 Å². The molecule has 0 N–H and O–H groups in total. The van der Waals surface area contributed by atoms with E-state index in [1.54, 1.807) is 0 Å². The highest BCUT2D eigenvalue weighted by Gasteiger charge is 2.12. The molecule has 0 amide bonds. The van der Waals surface area contributed by atoms with Crippen LogP contribution in [0.2, 0.25) is 0 Å². The number of piperazine rings is 1. The molecule has 5 nitrogen and oxygen atoms in total. The molecule has 0 aliphatic carbocycles. The third-order valence-corrected chi connectivity index (χ3v) is 2.75. The predicted molar refractivity (Wildman–Crippen MR) is 53.4 cm³/mol. The molecule has 1 unspecified atom stereocenters. The van der Waals surface area contributed by atoms with Crippen LogP contribution in [0.1, 0.15) is 6.42 Å². The van der Waals surface area contributed by atoms with E-state index in [1.807, 2.05) is 0 Å². The van der Waals surface area contributed by atoms with Crippen LogP contribution in [0.25, 0.3) is 0 Å². The molecular formula is C8H17N2O3S-. The molecule has 0 aromatic rings. The molecule has 0 aromatic carbocycles. The maximum absolute atomic E-state index is 10.1. The summed E-state index contributed by atoms with van der Waals surface area (Å²) in [5, 5.41) is 0. The Balaban J connectivity index is 1.99. The second-order valence-corrected chi connectivity index (χ2v) is 4.17. The second kappa shape index (κ2) is 6.47. The Morgan fingerprint density at radius 3 is 2.57 bits per heavy atom. The Morgan fingerprint density at radius 2 is 2.00 bits per heavy atom. The maximum atomic E-state index is 10.1. The molecule has 1 heterocycles. The summed E-state index contributed by atoms with van der Waals surface area (Å²) in [5.74, 6) is 0. The van der Waals surface area contributed by atoms with E-state index in [0.717, 1.165) is 39.1 Å². The van der Waals surface area contributed by atoms with Crippen molar-refractivity contribution in [3.63, 3.8) is 0 Å². The Morgan fingerprint density at radius 1 is 1.36 bits per heavy atom. The fourth-order valence-corrected chi connectivity index (χ4v) is 1.74. The van der Waals surface area contributed by atoms with Gasteiger partial charge in [0.15, 0.2) is 0 Å². The van der Waals surface area contributed by atoms with Gasteiger partial charge in [-0.15, -0.1) is 0 Å². The minimum Gasteiger partial charge on any atom is -0.750 e. The van der Waals surface area contributed by atoms with Gasteiger partial charge in [0, 0.05) is 32.7 Å². The molecular weight excluding hydrogens is 204 g/mol. The summed E-state index contributed by atoms with van der Waals surface area (Å²) in [4.78, 5) is 4.62. The summed E-state index contributed by atoms with van der Waals surface area (Å²) in [6.07, 6.45) is 0.775. The van der Waals surface area contributed by atoms with Crippen LogP contribution in [0.15, 0.2) is 0 Å². The van der Waals surface area contributed by atoms with E-state index in [-0.39, 0.29) is 0 Å². The monoisotopic (exact) mass is 221 g/mol. The average molecular weight is 221 g/mol. The van der Waals surface area contributed by atoms with E-state index in [0.29, 0.717) is 6.61 Å². The molecule has 1 fully saturated rings. The Bertz CT molecular complexity index is 183. The first-order valence-corrected chi connectivity index (χ1v) is 5.82. The summed E-state index contributed by atoms with van der Waals surface area (Å²) in [6, 6.07) is 0. The summed E-state index contributed by atoms with van der Waals surface area (Å²) >= 11 is -2.35. The molecule has 6 heteroatoms. The molecule has 1 atom stereocenters. The van der Waals surface area contributed by atoms with Gasteiger partial charge in [-0.2, -0.15) is 0 Å². The number of likely N-dealkylation sites (N-methyl/N-ethyl adjacent to an activating group) is 1. The fraction of sp³-hybridized carbons (Fsp3) is 1.00. The van der Waals surface area contributed by atoms with E-state index in [9.17, 15) is 8.76 Å². The minimum atomic E-state index is -2.35.